The van der Waals surface area contributed by atoms with Crippen LogP contribution in [0.15, 0.2) is 72.8 Å². The van der Waals surface area contributed by atoms with Gasteiger partial charge in [0, 0.05) is 18.0 Å². The molecule has 0 radical (unpaired) electrons. The van der Waals surface area contributed by atoms with Gasteiger partial charge < -0.3 is 29.5 Å². The SMILES string of the molecule is CCCNC(=O)N1C(C(=O)O)C(c2ccc(OC)cc2)C(C(=O)c2ccc(OC)cc2)C1c1ccc(OC)cc1. The second kappa shape index (κ2) is 12.5. The number of amides is 2. The lowest BCUT2D eigenvalue weighted by Crippen LogP contribution is -2.48. The molecular weight excluding hydrogens is 512 g/mol. The zero-order valence-electron chi connectivity index (χ0n) is 23.0. The van der Waals surface area contributed by atoms with Crippen LogP contribution in [0.1, 0.15) is 46.8 Å². The first-order valence-corrected chi connectivity index (χ1v) is 13.1. The van der Waals surface area contributed by atoms with Crippen molar-refractivity contribution < 1.29 is 33.7 Å². The van der Waals surface area contributed by atoms with Gasteiger partial charge in [-0.25, -0.2) is 9.59 Å². The van der Waals surface area contributed by atoms with Crippen LogP contribution in [-0.2, 0) is 4.79 Å². The van der Waals surface area contributed by atoms with E-state index in [0.29, 0.717) is 46.9 Å². The van der Waals surface area contributed by atoms with Gasteiger partial charge in [0.15, 0.2) is 5.78 Å². The number of methoxy groups -OCH3 is 3. The first-order valence-electron chi connectivity index (χ1n) is 13.1. The number of hydrogen-bond donors (Lipinski definition) is 2. The third-order valence-electron chi connectivity index (χ3n) is 7.32. The fourth-order valence-corrected chi connectivity index (χ4v) is 5.40. The van der Waals surface area contributed by atoms with Crippen molar-refractivity contribution >= 4 is 17.8 Å². The Kier molecular flexibility index (Phi) is 8.93. The lowest BCUT2D eigenvalue weighted by molar-refractivity contribution is -0.142. The summed E-state index contributed by atoms with van der Waals surface area (Å²) in [6.45, 7) is 2.28. The van der Waals surface area contributed by atoms with Crippen LogP contribution in [0.2, 0.25) is 0 Å². The van der Waals surface area contributed by atoms with Crippen LogP contribution in [0.4, 0.5) is 4.79 Å². The average Bonchev–Trinajstić information content (AvgIpc) is 3.36. The van der Waals surface area contributed by atoms with Crippen LogP contribution >= 0.6 is 0 Å². The van der Waals surface area contributed by atoms with Crippen molar-refractivity contribution in [3.05, 3.63) is 89.5 Å². The monoisotopic (exact) mass is 546 g/mol. The number of likely N-dealkylation sites (tertiary alicyclic amines) is 1. The van der Waals surface area contributed by atoms with E-state index in [-0.39, 0.29) is 5.78 Å². The minimum absolute atomic E-state index is 0.277. The summed E-state index contributed by atoms with van der Waals surface area (Å²) < 4.78 is 15.9. The van der Waals surface area contributed by atoms with Gasteiger partial charge in [-0.1, -0.05) is 31.2 Å². The number of aliphatic carboxylic acids is 1. The van der Waals surface area contributed by atoms with Gasteiger partial charge in [0.1, 0.15) is 23.3 Å². The summed E-state index contributed by atoms with van der Waals surface area (Å²) in [6.07, 6.45) is 0.667. The van der Waals surface area contributed by atoms with Gasteiger partial charge in [-0.3, -0.25) is 4.79 Å². The highest BCUT2D eigenvalue weighted by molar-refractivity contribution is 6.01. The molecule has 0 saturated carbocycles. The largest absolute Gasteiger partial charge is 0.497 e. The highest BCUT2D eigenvalue weighted by Crippen LogP contribution is 2.51. The smallest absolute Gasteiger partial charge is 0.327 e. The van der Waals surface area contributed by atoms with Crippen molar-refractivity contribution in [3.63, 3.8) is 0 Å². The molecule has 2 N–H and O–H groups in total. The number of nitrogens with zero attached hydrogens (tertiary/aromatic N) is 1. The van der Waals surface area contributed by atoms with Crippen molar-refractivity contribution in [3.8, 4) is 17.2 Å². The van der Waals surface area contributed by atoms with E-state index in [1.54, 1.807) is 87.0 Å². The van der Waals surface area contributed by atoms with E-state index in [0.717, 1.165) is 0 Å². The molecule has 4 unspecified atom stereocenters. The van der Waals surface area contributed by atoms with E-state index < -0.39 is 35.9 Å². The van der Waals surface area contributed by atoms with Crippen LogP contribution < -0.4 is 19.5 Å². The zero-order valence-corrected chi connectivity index (χ0v) is 23.0. The Morgan fingerprint density at radius 3 is 1.70 bits per heavy atom. The normalized spacial score (nSPS) is 20.1. The van der Waals surface area contributed by atoms with E-state index in [2.05, 4.69) is 5.32 Å². The molecule has 4 rings (SSSR count). The van der Waals surface area contributed by atoms with Gasteiger partial charge >= 0.3 is 12.0 Å². The Balaban J connectivity index is 1.95. The summed E-state index contributed by atoms with van der Waals surface area (Å²) in [5.74, 6) is -1.46. The van der Waals surface area contributed by atoms with Crippen molar-refractivity contribution in [2.24, 2.45) is 5.92 Å². The Bertz CT molecular complexity index is 1320. The van der Waals surface area contributed by atoms with Gasteiger partial charge in [-0.05, 0) is 66.1 Å². The predicted molar refractivity (Wildman–Crippen MR) is 149 cm³/mol. The van der Waals surface area contributed by atoms with Gasteiger partial charge in [0.05, 0.1) is 33.3 Å². The maximum atomic E-state index is 14.4. The number of hydrogen-bond acceptors (Lipinski definition) is 6. The number of ketones is 1. The molecule has 9 nitrogen and oxygen atoms in total. The number of carboxylic acid groups (broad SMARTS) is 1. The highest BCUT2D eigenvalue weighted by Gasteiger charge is 2.57. The molecule has 0 spiro atoms. The molecule has 0 bridgehead atoms. The van der Waals surface area contributed by atoms with Crippen LogP contribution in [0.5, 0.6) is 17.2 Å². The van der Waals surface area contributed by atoms with E-state index in [4.69, 9.17) is 14.2 Å². The molecule has 40 heavy (non-hydrogen) atoms. The van der Waals surface area contributed by atoms with Gasteiger partial charge in [-0.15, -0.1) is 0 Å². The topological polar surface area (TPSA) is 114 Å². The molecular formula is C31H34N2O7. The third-order valence-corrected chi connectivity index (χ3v) is 7.32. The second-order valence-corrected chi connectivity index (χ2v) is 9.56. The lowest BCUT2D eigenvalue weighted by atomic mass is 9.76. The molecule has 2 amide bonds. The van der Waals surface area contributed by atoms with Gasteiger partial charge in [0.25, 0.3) is 0 Å². The molecule has 3 aromatic carbocycles. The summed E-state index contributed by atoms with van der Waals surface area (Å²) in [5, 5.41) is 13.4. The maximum Gasteiger partial charge on any atom is 0.327 e. The quantitative estimate of drug-likeness (QED) is 0.347. The summed E-state index contributed by atoms with van der Waals surface area (Å²) in [6, 6.07) is 18.0. The number of rotatable bonds is 10. The van der Waals surface area contributed by atoms with Gasteiger partial charge in [-0.2, -0.15) is 0 Å². The number of Topliss-reactive ketones (excluding diaryl/α,β-unsaturated/α-hetero) is 1. The third kappa shape index (κ3) is 5.59. The van der Waals surface area contributed by atoms with Crippen LogP contribution in [0, 0.1) is 5.92 Å². The fraction of sp³-hybridized carbons (Fsp3) is 0.323. The standard InChI is InChI=1S/C31H34N2O7/c1-5-18-32-31(37)33-27(20-8-14-23(39-3)15-9-20)26(29(34)21-10-16-24(40-4)17-11-21)25(28(33)30(35)36)19-6-12-22(38-2)13-7-19/h6-17,25-28H,5,18H2,1-4H3,(H,32,37)(H,35,36). The number of urea groups is 1. The van der Waals surface area contributed by atoms with E-state index in [1.165, 1.54) is 12.0 Å². The summed E-state index contributed by atoms with van der Waals surface area (Å²) in [5.41, 5.74) is 1.63. The minimum Gasteiger partial charge on any atom is -0.497 e. The first-order chi connectivity index (χ1) is 19.3. The molecule has 1 aliphatic rings. The molecule has 0 aliphatic carbocycles. The number of ether oxygens (including phenoxy) is 3. The van der Waals surface area contributed by atoms with Crippen LogP contribution in [0.25, 0.3) is 0 Å². The molecule has 1 fully saturated rings. The van der Waals surface area contributed by atoms with Crippen molar-refractivity contribution in [2.75, 3.05) is 27.9 Å². The summed E-state index contributed by atoms with van der Waals surface area (Å²) in [7, 11) is 4.63. The van der Waals surface area contributed by atoms with Crippen molar-refractivity contribution in [2.45, 2.75) is 31.3 Å². The summed E-state index contributed by atoms with van der Waals surface area (Å²) in [4.78, 5) is 42.3. The number of carbonyl (C=O) groups is 3. The molecule has 210 valence electrons. The maximum absolute atomic E-state index is 14.4. The van der Waals surface area contributed by atoms with Crippen molar-refractivity contribution in [1.29, 1.82) is 0 Å². The number of benzene rings is 3. The number of carboxylic acids is 1. The summed E-state index contributed by atoms with van der Waals surface area (Å²) >= 11 is 0. The molecule has 1 heterocycles. The molecule has 4 atom stereocenters. The Hall–Kier alpha value is -4.53. The molecule has 0 aromatic heterocycles. The number of nitrogens with one attached hydrogen (secondary N) is 1. The van der Waals surface area contributed by atoms with Crippen molar-refractivity contribution in [1.82, 2.24) is 10.2 Å². The van der Waals surface area contributed by atoms with E-state index in [1.807, 2.05) is 6.92 Å². The van der Waals surface area contributed by atoms with Gasteiger partial charge in [0.2, 0.25) is 0 Å². The Labute approximate surface area is 233 Å². The first kappa shape index (κ1) is 28.5. The van der Waals surface area contributed by atoms with E-state index >= 15 is 0 Å². The molecule has 1 aliphatic heterocycles. The minimum atomic E-state index is -1.32. The molecule has 1 saturated heterocycles. The van der Waals surface area contributed by atoms with E-state index in [9.17, 15) is 19.5 Å². The average molecular weight is 547 g/mol. The Morgan fingerprint density at radius 1 is 0.775 bits per heavy atom. The fourth-order valence-electron chi connectivity index (χ4n) is 5.40. The predicted octanol–water partition coefficient (Wildman–Crippen LogP) is 4.92. The number of carbonyl (C=O) groups excluding carboxylic acids is 2. The van der Waals surface area contributed by atoms with Crippen LogP contribution in [-0.4, -0.2) is 61.7 Å². The highest BCUT2D eigenvalue weighted by atomic mass is 16.5. The molecule has 9 heteroatoms. The second-order valence-electron chi connectivity index (χ2n) is 9.56. The molecule has 3 aromatic rings. The van der Waals surface area contributed by atoms with Crippen LogP contribution in [0.3, 0.4) is 0 Å². The lowest BCUT2D eigenvalue weighted by Gasteiger charge is -2.30. The Morgan fingerprint density at radius 2 is 1.25 bits per heavy atom. The zero-order chi connectivity index (χ0) is 28.8.